The van der Waals surface area contributed by atoms with Crippen molar-refractivity contribution in [3.63, 3.8) is 0 Å². The van der Waals surface area contributed by atoms with Gasteiger partial charge in [-0.25, -0.2) is 0 Å². The van der Waals surface area contributed by atoms with Crippen molar-refractivity contribution >= 4 is 39.0 Å². The van der Waals surface area contributed by atoms with E-state index < -0.39 is 0 Å². The standard InChI is InChI=1S/C44H64N3.C12H8N.Au/c1-39(2,3)30-19-29(20-31(21-30)40(4,5)6)38-45-47(37-26-34(43(13,14)15)23-35(27-37)44(16,17)18)28-46(38)36-24-32(41(7,8)9)22-33(25-36)42(10,11)12;1-3-7-11-9(5-1)10-6-2-4-8-12(10)13-11;/h19-28H,1-18H3;1-8H;/q2*-1;. The molecule has 1 aromatic heterocycles. The largest absolute Gasteiger partial charge is 0.657 e. The summed E-state index contributed by atoms with van der Waals surface area (Å²) >= 11 is 0. The van der Waals surface area contributed by atoms with Gasteiger partial charge in [-0.1, -0.05) is 191 Å². The Kier molecular flexibility index (Phi) is 13.3. The molecular formula is C56H72AuN4-2. The molecule has 61 heavy (non-hydrogen) atoms. The summed E-state index contributed by atoms with van der Waals surface area (Å²) in [4.78, 5) is 6.85. The second kappa shape index (κ2) is 16.9. The van der Waals surface area contributed by atoms with Gasteiger partial charge in [-0.3, -0.25) is 0 Å². The van der Waals surface area contributed by atoms with Gasteiger partial charge in [-0.15, -0.1) is 17.7 Å². The molecule has 2 heterocycles. The molecule has 0 amide bonds. The minimum atomic E-state index is -0.00237. The molecule has 4 nitrogen and oxygen atoms in total. The Balaban J connectivity index is 0.000000421. The molecule has 5 heteroatoms. The van der Waals surface area contributed by atoms with E-state index in [-0.39, 0.29) is 54.9 Å². The molecule has 6 aromatic rings. The van der Waals surface area contributed by atoms with Crippen molar-refractivity contribution in [2.75, 3.05) is 9.91 Å². The molecule has 0 saturated carbocycles. The van der Waals surface area contributed by atoms with Crippen LogP contribution in [-0.4, -0.2) is 5.84 Å². The SMILES string of the molecule is CC(C)(C)c1cc(C2=NN(c3cc(C(C)(C)C)cc(C(C)(C)C)c3)[CH-]N2c2cc(C(C)(C)C)cc(C(C)(C)C)c2)cc(C(C)(C)C)c1.[Au].c1ccc2c(c1)[n-]c1ccccc12. The van der Waals surface area contributed by atoms with Crippen LogP contribution in [0.4, 0.5) is 11.4 Å². The van der Waals surface area contributed by atoms with Crippen LogP contribution in [0.3, 0.4) is 0 Å². The fraction of sp³-hybridized carbons (Fsp3) is 0.429. The quantitative estimate of drug-likeness (QED) is 0.131. The molecule has 5 aromatic carbocycles. The molecule has 7 rings (SSSR count). The minimum absolute atomic E-state index is 0. The number of benzene rings is 5. The molecule has 0 atom stereocenters. The number of hydrazone groups is 1. The fourth-order valence-electron chi connectivity index (χ4n) is 7.43. The van der Waals surface area contributed by atoms with Crippen molar-refractivity contribution in [1.29, 1.82) is 0 Å². The predicted octanol–water partition coefficient (Wildman–Crippen LogP) is 15.2. The first-order chi connectivity index (χ1) is 27.5. The summed E-state index contributed by atoms with van der Waals surface area (Å²) < 4.78 is 0. The van der Waals surface area contributed by atoms with Crippen molar-refractivity contribution in [2.24, 2.45) is 5.10 Å². The van der Waals surface area contributed by atoms with Crippen LogP contribution in [0.25, 0.3) is 21.8 Å². The number of fused-ring (bicyclic) bond motifs is 3. The number of nitrogens with zero attached hydrogens (tertiary/aromatic N) is 4. The van der Waals surface area contributed by atoms with Crippen LogP contribution in [-0.2, 0) is 54.9 Å². The van der Waals surface area contributed by atoms with Gasteiger partial charge in [0.25, 0.3) is 0 Å². The van der Waals surface area contributed by atoms with Crippen LogP contribution in [0.2, 0.25) is 0 Å². The molecule has 1 radical (unpaired) electrons. The summed E-state index contributed by atoms with van der Waals surface area (Å²) in [5.74, 6) is 0.950. The Labute approximate surface area is 385 Å². The molecule has 1 aliphatic rings. The molecule has 0 bridgehead atoms. The number of para-hydroxylation sites is 2. The van der Waals surface area contributed by atoms with Gasteiger partial charge in [0.2, 0.25) is 0 Å². The smallest absolute Gasteiger partial charge is 0.129 e. The van der Waals surface area contributed by atoms with E-state index in [0.29, 0.717) is 0 Å². The third kappa shape index (κ3) is 10.9. The topological polar surface area (TPSA) is 32.9 Å². The molecule has 1 aliphatic heterocycles. The van der Waals surface area contributed by atoms with Crippen LogP contribution in [0.5, 0.6) is 0 Å². The summed E-state index contributed by atoms with van der Waals surface area (Å²) in [7, 11) is 0. The fourth-order valence-corrected chi connectivity index (χ4v) is 7.43. The molecule has 0 unspecified atom stereocenters. The predicted molar refractivity (Wildman–Crippen MR) is 262 cm³/mol. The zero-order chi connectivity index (χ0) is 44.4. The first-order valence-electron chi connectivity index (χ1n) is 21.9. The van der Waals surface area contributed by atoms with Gasteiger partial charge in [0.15, 0.2) is 0 Å². The second-order valence-corrected chi connectivity index (χ2v) is 23.2. The van der Waals surface area contributed by atoms with Gasteiger partial charge >= 0.3 is 0 Å². The number of rotatable bonds is 3. The first kappa shape index (κ1) is 48.0. The number of hydrogen-bond acceptors (Lipinski definition) is 3. The number of aromatic nitrogens is 1. The van der Waals surface area contributed by atoms with E-state index in [2.05, 4.69) is 237 Å². The van der Waals surface area contributed by atoms with E-state index in [1.165, 1.54) is 44.2 Å². The van der Waals surface area contributed by atoms with Crippen molar-refractivity contribution in [2.45, 2.75) is 157 Å². The number of hydrogen-bond donors (Lipinski definition) is 0. The van der Waals surface area contributed by atoms with Crippen molar-refractivity contribution < 1.29 is 22.4 Å². The van der Waals surface area contributed by atoms with Gasteiger partial charge in [0.05, 0.1) is 0 Å². The summed E-state index contributed by atoms with van der Waals surface area (Å²) in [6, 6.07) is 37.8. The molecule has 0 saturated heterocycles. The first-order valence-corrected chi connectivity index (χ1v) is 21.9. The van der Waals surface area contributed by atoms with Crippen molar-refractivity contribution in [3.8, 4) is 0 Å². The van der Waals surface area contributed by atoms with Gasteiger partial charge < -0.3 is 14.9 Å². The van der Waals surface area contributed by atoms with Crippen molar-refractivity contribution in [1.82, 2.24) is 4.98 Å². The zero-order valence-electron chi connectivity index (χ0n) is 40.5. The average molecular weight is 998 g/mol. The Morgan fingerprint density at radius 3 is 1.07 bits per heavy atom. The van der Waals surface area contributed by atoms with E-state index in [4.69, 9.17) is 5.10 Å². The maximum absolute atomic E-state index is 5.48. The third-order valence-electron chi connectivity index (χ3n) is 11.8. The summed E-state index contributed by atoms with van der Waals surface area (Å²) in [6.45, 7) is 43.7. The average Bonchev–Trinajstić information content (AvgIpc) is 3.75. The normalized spacial score (nSPS) is 14.2. The Bertz CT molecular complexity index is 2380. The van der Waals surface area contributed by atoms with Gasteiger partial charge in [0.1, 0.15) is 5.84 Å². The van der Waals surface area contributed by atoms with Gasteiger partial charge in [-0.2, -0.15) is 5.10 Å². The minimum Gasteiger partial charge on any atom is -0.657 e. The molecule has 329 valence electrons. The van der Waals surface area contributed by atoms with Crippen LogP contribution in [0.1, 0.15) is 164 Å². The van der Waals surface area contributed by atoms with E-state index in [0.717, 1.165) is 33.8 Å². The number of anilines is 2. The van der Waals surface area contributed by atoms with Gasteiger partial charge in [-0.05, 0) is 113 Å². The van der Waals surface area contributed by atoms with E-state index >= 15 is 0 Å². The summed E-state index contributed by atoms with van der Waals surface area (Å²) in [5, 5.41) is 10.1. The summed E-state index contributed by atoms with van der Waals surface area (Å²) in [6.07, 6.45) is 0. The van der Waals surface area contributed by atoms with Crippen LogP contribution >= 0.6 is 0 Å². The van der Waals surface area contributed by atoms with Crippen LogP contribution in [0, 0.1) is 6.67 Å². The monoisotopic (exact) mass is 998 g/mol. The maximum Gasteiger partial charge on any atom is 0.129 e. The molecular weight excluding hydrogens is 926 g/mol. The molecule has 0 fully saturated rings. The molecule has 0 aliphatic carbocycles. The van der Waals surface area contributed by atoms with Gasteiger partial charge in [0, 0.05) is 39.3 Å². The zero-order valence-corrected chi connectivity index (χ0v) is 42.6. The van der Waals surface area contributed by atoms with E-state index in [1.807, 2.05) is 12.1 Å². The third-order valence-corrected chi connectivity index (χ3v) is 11.8. The number of amidine groups is 1. The summed E-state index contributed by atoms with van der Waals surface area (Å²) in [5.41, 5.74) is 13.5. The molecule has 0 spiro atoms. The van der Waals surface area contributed by atoms with Crippen LogP contribution < -0.4 is 14.9 Å². The Morgan fingerprint density at radius 1 is 0.410 bits per heavy atom. The van der Waals surface area contributed by atoms with E-state index in [1.54, 1.807) is 0 Å². The maximum atomic E-state index is 5.48. The molecule has 0 N–H and O–H groups in total. The second-order valence-electron chi connectivity index (χ2n) is 23.2. The van der Waals surface area contributed by atoms with Crippen LogP contribution in [0.15, 0.2) is 108 Å². The Morgan fingerprint density at radius 2 is 0.721 bits per heavy atom. The Hall–Kier alpha value is -4.09. The van der Waals surface area contributed by atoms with E-state index in [9.17, 15) is 0 Å². The van der Waals surface area contributed by atoms with Crippen molar-refractivity contribution in [3.05, 3.63) is 149 Å².